The minimum Gasteiger partial charge on any atom is -0.465 e. The van der Waals surface area contributed by atoms with Gasteiger partial charge in [-0.05, 0) is 18.9 Å². The molecule has 25 heavy (non-hydrogen) atoms. The van der Waals surface area contributed by atoms with Crippen molar-refractivity contribution >= 4 is 17.5 Å². The predicted octanol–water partition coefficient (Wildman–Crippen LogP) is 3.77. The molecule has 0 bridgehead atoms. The van der Waals surface area contributed by atoms with Crippen molar-refractivity contribution in [3.63, 3.8) is 0 Å². The fourth-order valence-corrected chi connectivity index (χ4v) is 2.18. The summed E-state index contributed by atoms with van der Waals surface area (Å²) in [6, 6.07) is 5.83. The van der Waals surface area contributed by atoms with E-state index in [1.165, 1.54) is 31.2 Å². The number of alkyl halides is 3. The molecule has 0 radical (unpaired) electrons. The summed E-state index contributed by atoms with van der Waals surface area (Å²) < 4.78 is 42.7. The normalized spacial score (nSPS) is 13.2. The number of ether oxygens (including phenoxy) is 1. The molecule has 1 rings (SSSR count). The molecular formula is C18H21F3O4. The fraction of sp³-hybridized carbons (Fsp3) is 0.500. The lowest BCUT2D eigenvalue weighted by Gasteiger charge is -2.18. The van der Waals surface area contributed by atoms with Crippen LogP contribution >= 0.6 is 0 Å². The van der Waals surface area contributed by atoms with Crippen molar-refractivity contribution in [2.24, 2.45) is 11.3 Å². The monoisotopic (exact) mass is 358 g/mol. The lowest BCUT2D eigenvalue weighted by Crippen LogP contribution is -2.37. The van der Waals surface area contributed by atoms with Crippen molar-refractivity contribution in [2.75, 3.05) is 6.61 Å². The number of benzene rings is 1. The molecule has 4 nitrogen and oxygen atoms in total. The molecule has 0 N–H and O–H groups in total. The maximum Gasteiger partial charge on any atom is 0.450 e. The quantitative estimate of drug-likeness (QED) is 0.441. The molecule has 7 heteroatoms. The van der Waals surface area contributed by atoms with Gasteiger partial charge in [0.15, 0.2) is 5.78 Å². The summed E-state index contributed by atoms with van der Waals surface area (Å²) in [6.45, 7) is 6.57. The molecule has 0 saturated carbocycles. The molecule has 0 aromatic heterocycles. The van der Waals surface area contributed by atoms with Gasteiger partial charge in [0, 0.05) is 11.0 Å². The summed E-state index contributed by atoms with van der Waals surface area (Å²) >= 11 is 0. The van der Waals surface area contributed by atoms with Crippen LogP contribution in [0.5, 0.6) is 0 Å². The highest BCUT2D eigenvalue weighted by molar-refractivity contribution is 6.02. The Morgan fingerprint density at radius 1 is 1.04 bits per heavy atom. The van der Waals surface area contributed by atoms with E-state index < -0.39 is 35.7 Å². The van der Waals surface area contributed by atoms with Crippen molar-refractivity contribution in [2.45, 2.75) is 40.3 Å². The van der Waals surface area contributed by atoms with Gasteiger partial charge in [0.05, 0.1) is 6.61 Å². The third kappa shape index (κ3) is 5.69. The van der Waals surface area contributed by atoms with Crippen molar-refractivity contribution in [1.82, 2.24) is 0 Å². The van der Waals surface area contributed by atoms with Gasteiger partial charge in [-0.15, -0.1) is 0 Å². The number of Topliss-reactive ketones (excluding diaryl/α,β-unsaturated/α-hetero) is 2. The molecule has 0 amide bonds. The van der Waals surface area contributed by atoms with Crippen LogP contribution in [0.2, 0.25) is 0 Å². The van der Waals surface area contributed by atoms with E-state index in [0.29, 0.717) is 11.1 Å². The number of carbonyl (C=O) groups excluding carboxylic acids is 3. The summed E-state index contributed by atoms with van der Waals surface area (Å²) in [5.74, 6) is -5.42. The number of carbonyl (C=O) groups is 3. The summed E-state index contributed by atoms with van der Waals surface area (Å²) in [4.78, 5) is 35.4. The zero-order valence-corrected chi connectivity index (χ0v) is 14.6. The molecule has 0 aliphatic heterocycles. The van der Waals surface area contributed by atoms with Gasteiger partial charge in [-0.1, -0.05) is 45.0 Å². The first-order chi connectivity index (χ1) is 11.4. The molecule has 1 unspecified atom stereocenters. The molecule has 1 aromatic carbocycles. The van der Waals surface area contributed by atoms with E-state index >= 15 is 0 Å². The maximum atomic E-state index is 12.7. The highest BCUT2D eigenvalue weighted by Crippen LogP contribution is 2.26. The van der Waals surface area contributed by atoms with Crippen LogP contribution in [0.4, 0.5) is 13.2 Å². The minimum absolute atomic E-state index is 0.118. The molecule has 0 fully saturated rings. The zero-order chi connectivity index (χ0) is 19.4. The van der Waals surface area contributed by atoms with Gasteiger partial charge < -0.3 is 4.74 Å². The average Bonchev–Trinajstić information content (AvgIpc) is 2.50. The van der Waals surface area contributed by atoms with Gasteiger partial charge in [0.25, 0.3) is 5.78 Å². The van der Waals surface area contributed by atoms with Gasteiger partial charge >= 0.3 is 12.1 Å². The first-order valence-corrected chi connectivity index (χ1v) is 7.79. The molecule has 0 saturated heterocycles. The van der Waals surface area contributed by atoms with Crippen LogP contribution in [0.3, 0.4) is 0 Å². The third-order valence-electron chi connectivity index (χ3n) is 3.50. The molecule has 138 valence electrons. The Hall–Kier alpha value is -2.18. The Bertz CT molecular complexity index is 640. The lowest BCUT2D eigenvalue weighted by molar-refractivity contribution is -0.180. The summed E-state index contributed by atoms with van der Waals surface area (Å²) in [7, 11) is 0. The number of hydrogen-bond donors (Lipinski definition) is 0. The van der Waals surface area contributed by atoms with E-state index in [1.54, 1.807) is 20.8 Å². The highest BCUT2D eigenvalue weighted by atomic mass is 19.4. The van der Waals surface area contributed by atoms with Gasteiger partial charge in [-0.2, -0.15) is 13.2 Å². The van der Waals surface area contributed by atoms with E-state index in [0.717, 1.165) is 0 Å². The van der Waals surface area contributed by atoms with Crippen molar-refractivity contribution in [1.29, 1.82) is 0 Å². The van der Waals surface area contributed by atoms with Gasteiger partial charge in [-0.3, -0.25) is 14.4 Å². The van der Waals surface area contributed by atoms with E-state index in [1.807, 2.05) is 0 Å². The Morgan fingerprint density at radius 2 is 1.56 bits per heavy atom. The number of esters is 1. The Balaban J connectivity index is 3.03. The van der Waals surface area contributed by atoms with Crippen LogP contribution in [0, 0.1) is 11.3 Å². The summed E-state index contributed by atoms with van der Waals surface area (Å²) in [5, 5.41) is 0. The topological polar surface area (TPSA) is 60.4 Å². The fourth-order valence-electron chi connectivity index (χ4n) is 2.18. The highest BCUT2D eigenvalue weighted by Gasteiger charge is 2.46. The van der Waals surface area contributed by atoms with E-state index in [4.69, 9.17) is 0 Å². The second-order valence-corrected chi connectivity index (χ2v) is 6.65. The smallest absolute Gasteiger partial charge is 0.450 e. The van der Waals surface area contributed by atoms with Crippen LogP contribution in [0.1, 0.15) is 43.6 Å². The molecular weight excluding hydrogens is 337 g/mol. The molecule has 1 aromatic rings. The number of rotatable bonds is 6. The van der Waals surface area contributed by atoms with Crippen molar-refractivity contribution < 1.29 is 32.3 Å². The Kier molecular flexibility index (Phi) is 6.51. The van der Waals surface area contributed by atoms with Crippen LogP contribution in [-0.2, 0) is 20.7 Å². The Labute approximate surface area is 144 Å². The van der Waals surface area contributed by atoms with Crippen molar-refractivity contribution in [3.8, 4) is 0 Å². The largest absolute Gasteiger partial charge is 0.465 e. The summed E-state index contributed by atoms with van der Waals surface area (Å²) in [5.41, 5.74) is 0.147. The number of ketones is 2. The third-order valence-corrected chi connectivity index (χ3v) is 3.50. The molecule has 0 heterocycles. The molecule has 1 atom stereocenters. The number of halogens is 3. The van der Waals surface area contributed by atoms with E-state index in [9.17, 15) is 27.6 Å². The number of hydrogen-bond acceptors (Lipinski definition) is 4. The van der Waals surface area contributed by atoms with Crippen LogP contribution in [0.25, 0.3) is 0 Å². The first kappa shape index (κ1) is 20.9. The lowest BCUT2D eigenvalue weighted by atomic mass is 9.86. The Morgan fingerprint density at radius 3 is 1.96 bits per heavy atom. The zero-order valence-electron chi connectivity index (χ0n) is 14.6. The van der Waals surface area contributed by atoms with Crippen molar-refractivity contribution in [3.05, 3.63) is 35.4 Å². The van der Waals surface area contributed by atoms with Gasteiger partial charge in [0.2, 0.25) is 0 Å². The first-order valence-electron chi connectivity index (χ1n) is 7.79. The standard InChI is InChI=1S/C18H21F3O4/c1-5-25-16(24)13(15(23)18(19,20)21)10-11-6-8-12(9-7-11)14(22)17(2,3)4/h6-9,13H,5,10H2,1-4H3. The second-order valence-electron chi connectivity index (χ2n) is 6.65. The maximum absolute atomic E-state index is 12.7. The van der Waals surface area contributed by atoms with Crippen LogP contribution in [-0.4, -0.2) is 30.3 Å². The van der Waals surface area contributed by atoms with Crippen LogP contribution in [0.15, 0.2) is 24.3 Å². The average molecular weight is 358 g/mol. The van der Waals surface area contributed by atoms with Gasteiger partial charge in [-0.25, -0.2) is 0 Å². The summed E-state index contributed by atoms with van der Waals surface area (Å²) in [6.07, 6.45) is -5.57. The van der Waals surface area contributed by atoms with E-state index in [-0.39, 0.29) is 12.4 Å². The molecule has 0 spiro atoms. The minimum atomic E-state index is -5.13. The molecule has 0 aliphatic carbocycles. The molecule has 0 aliphatic rings. The SMILES string of the molecule is CCOC(=O)C(Cc1ccc(C(=O)C(C)(C)C)cc1)C(=O)C(F)(F)F. The second kappa shape index (κ2) is 7.80. The van der Waals surface area contributed by atoms with E-state index in [2.05, 4.69) is 4.74 Å². The predicted molar refractivity (Wildman–Crippen MR) is 85.1 cm³/mol. The van der Waals surface area contributed by atoms with Crippen LogP contribution < -0.4 is 0 Å². The van der Waals surface area contributed by atoms with Gasteiger partial charge in [0.1, 0.15) is 5.92 Å².